The lowest BCUT2D eigenvalue weighted by molar-refractivity contribution is -0.140. The molecule has 0 aliphatic heterocycles. The van der Waals surface area contributed by atoms with Gasteiger partial charge in [0.2, 0.25) is 0 Å². The molecule has 4 heteroatoms. The van der Waals surface area contributed by atoms with E-state index in [0.717, 1.165) is 25.9 Å². The predicted octanol–water partition coefficient (Wildman–Crippen LogP) is 2.83. The molecule has 4 nitrogen and oxygen atoms in total. The molecule has 0 fully saturated rings. The summed E-state index contributed by atoms with van der Waals surface area (Å²) < 4.78 is 0. The van der Waals surface area contributed by atoms with Gasteiger partial charge in [-0.15, -0.1) is 0 Å². The normalized spacial score (nSPS) is 13.7. The molecule has 0 aliphatic carbocycles. The van der Waals surface area contributed by atoms with Crippen molar-refractivity contribution in [3.8, 4) is 0 Å². The third-order valence-corrected chi connectivity index (χ3v) is 3.32. The second kappa shape index (κ2) is 10.2. The van der Waals surface area contributed by atoms with Gasteiger partial charge in [0.15, 0.2) is 0 Å². The van der Waals surface area contributed by atoms with Gasteiger partial charge in [0.25, 0.3) is 0 Å². The second-order valence-corrected chi connectivity index (χ2v) is 6.88. The summed E-state index contributed by atoms with van der Waals surface area (Å²) in [6, 6.07) is -0.289. The third kappa shape index (κ3) is 10.2. The van der Waals surface area contributed by atoms with Crippen LogP contribution in [-0.4, -0.2) is 47.7 Å². The van der Waals surface area contributed by atoms with Gasteiger partial charge in [0.05, 0.1) is 0 Å². The van der Waals surface area contributed by atoms with Crippen molar-refractivity contribution in [1.29, 1.82) is 0 Å². The molecule has 0 aliphatic rings. The Balaban J connectivity index is 4.51. The fourth-order valence-corrected chi connectivity index (χ4v) is 2.04. The van der Waals surface area contributed by atoms with Gasteiger partial charge in [-0.25, -0.2) is 0 Å². The Labute approximate surface area is 124 Å². The van der Waals surface area contributed by atoms with E-state index in [9.17, 15) is 9.90 Å². The first-order valence-electron chi connectivity index (χ1n) is 7.93. The third-order valence-electron chi connectivity index (χ3n) is 3.32. The molecule has 0 aromatic heterocycles. The summed E-state index contributed by atoms with van der Waals surface area (Å²) in [4.78, 5) is 13.7. The summed E-state index contributed by atoms with van der Waals surface area (Å²) in [7, 11) is 0. The fraction of sp³-hybridized carbons (Fsp3) is 0.938. The summed E-state index contributed by atoms with van der Waals surface area (Å²) in [6.07, 6.45) is 2.23. The molecule has 0 spiro atoms. The van der Waals surface area contributed by atoms with Crippen LogP contribution in [0, 0.1) is 11.8 Å². The van der Waals surface area contributed by atoms with Crippen molar-refractivity contribution in [3.63, 3.8) is 0 Å². The molecule has 0 saturated heterocycles. The molecule has 1 atom stereocenters. The molecule has 2 N–H and O–H groups in total. The molecule has 1 unspecified atom stereocenters. The number of carboxylic acid groups (broad SMARTS) is 1. The minimum atomic E-state index is -0.752. The Morgan fingerprint density at radius 2 is 1.45 bits per heavy atom. The van der Waals surface area contributed by atoms with E-state index in [1.54, 1.807) is 0 Å². The second-order valence-electron chi connectivity index (χ2n) is 6.88. The molecule has 0 saturated carbocycles. The van der Waals surface area contributed by atoms with Crippen molar-refractivity contribution < 1.29 is 9.90 Å². The predicted molar refractivity (Wildman–Crippen MR) is 85.0 cm³/mol. The zero-order valence-corrected chi connectivity index (χ0v) is 14.1. The molecular weight excluding hydrogens is 252 g/mol. The van der Waals surface area contributed by atoms with Gasteiger partial charge in [-0.1, -0.05) is 41.5 Å². The summed E-state index contributed by atoms with van der Waals surface area (Å²) >= 11 is 0. The van der Waals surface area contributed by atoms with Crippen molar-refractivity contribution in [3.05, 3.63) is 0 Å². The SMILES string of the molecule is CC(C)CCN(CCC(C)C)CC(NC(C)C)C(=O)O. The minimum absolute atomic E-state index is 0.188. The summed E-state index contributed by atoms with van der Waals surface area (Å²) in [5.74, 6) is 0.550. The molecule has 0 rings (SSSR count). The lowest BCUT2D eigenvalue weighted by atomic mass is 10.1. The van der Waals surface area contributed by atoms with E-state index in [2.05, 4.69) is 37.9 Å². The van der Waals surface area contributed by atoms with Crippen molar-refractivity contribution >= 4 is 5.97 Å². The van der Waals surface area contributed by atoms with Crippen LogP contribution in [0.4, 0.5) is 0 Å². The Morgan fingerprint density at radius 3 is 1.75 bits per heavy atom. The molecule has 20 heavy (non-hydrogen) atoms. The average molecular weight is 286 g/mol. The van der Waals surface area contributed by atoms with Crippen LogP contribution >= 0.6 is 0 Å². The molecule has 0 bridgehead atoms. The molecule has 0 amide bonds. The zero-order chi connectivity index (χ0) is 15.7. The Bertz CT molecular complexity index is 253. The highest BCUT2D eigenvalue weighted by atomic mass is 16.4. The number of nitrogens with zero attached hydrogens (tertiary/aromatic N) is 1. The summed E-state index contributed by atoms with van der Waals surface area (Å²) in [5, 5.41) is 12.5. The van der Waals surface area contributed by atoms with Crippen LogP contribution < -0.4 is 5.32 Å². The smallest absolute Gasteiger partial charge is 0.322 e. The average Bonchev–Trinajstić information content (AvgIpc) is 2.30. The van der Waals surface area contributed by atoms with Crippen LogP contribution in [0.15, 0.2) is 0 Å². The van der Waals surface area contributed by atoms with Crippen molar-refractivity contribution in [2.24, 2.45) is 11.8 Å². The van der Waals surface area contributed by atoms with E-state index < -0.39 is 12.0 Å². The molecular formula is C16H34N2O2. The quantitative estimate of drug-likeness (QED) is 0.613. The van der Waals surface area contributed by atoms with Gasteiger partial charge < -0.3 is 15.3 Å². The maximum absolute atomic E-state index is 11.4. The minimum Gasteiger partial charge on any atom is -0.480 e. The topological polar surface area (TPSA) is 52.6 Å². The van der Waals surface area contributed by atoms with Gasteiger partial charge in [-0.3, -0.25) is 4.79 Å². The van der Waals surface area contributed by atoms with Crippen molar-refractivity contribution in [2.75, 3.05) is 19.6 Å². The van der Waals surface area contributed by atoms with Crippen molar-refractivity contribution in [1.82, 2.24) is 10.2 Å². The van der Waals surface area contributed by atoms with Crippen molar-refractivity contribution in [2.45, 2.75) is 66.5 Å². The Hall–Kier alpha value is -0.610. The van der Waals surface area contributed by atoms with E-state index in [1.165, 1.54) is 0 Å². The van der Waals surface area contributed by atoms with Gasteiger partial charge in [0, 0.05) is 12.6 Å². The first kappa shape index (κ1) is 19.4. The van der Waals surface area contributed by atoms with Gasteiger partial charge in [0.1, 0.15) is 6.04 Å². The molecule has 0 aromatic carbocycles. The van der Waals surface area contributed by atoms with Crippen LogP contribution in [0.25, 0.3) is 0 Å². The monoisotopic (exact) mass is 286 g/mol. The van der Waals surface area contributed by atoms with Gasteiger partial charge in [-0.2, -0.15) is 0 Å². The highest BCUT2D eigenvalue weighted by Gasteiger charge is 2.21. The van der Waals surface area contributed by atoms with E-state index in [-0.39, 0.29) is 6.04 Å². The largest absolute Gasteiger partial charge is 0.480 e. The highest BCUT2D eigenvalue weighted by molar-refractivity contribution is 5.73. The van der Waals surface area contributed by atoms with Gasteiger partial charge >= 0.3 is 5.97 Å². The van der Waals surface area contributed by atoms with Crippen LogP contribution in [-0.2, 0) is 4.79 Å². The van der Waals surface area contributed by atoms with Crippen LogP contribution in [0.3, 0.4) is 0 Å². The Morgan fingerprint density at radius 1 is 1.00 bits per heavy atom. The number of rotatable bonds is 11. The Kier molecular flexibility index (Phi) is 9.86. The number of hydrogen-bond donors (Lipinski definition) is 2. The first-order valence-corrected chi connectivity index (χ1v) is 7.93. The molecule has 0 heterocycles. The number of nitrogens with one attached hydrogen (secondary N) is 1. The fourth-order valence-electron chi connectivity index (χ4n) is 2.04. The number of carbonyl (C=O) groups is 1. The number of carboxylic acids is 1. The van der Waals surface area contributed by atoms with E-state index >= 15 is 0 Å². The number of aliphatic carboxylic acids is 1. The first-order chi connectivity index (χ1) is 9.22. The molecule has 120 valence electrons. The maximum Gasteiger partial charge on any atom is 0.322 e. The van der Waals surface area contributed by atoms with E-state index in [0.29, 0.717) is 18.4 Å². The van der Waals surface area contributed by atoms with E-state index in [4.69, 9.17) is 0 Å². The molecule has 0 aromatic rings. The zero-order valence-electron chi connectivity index (χ0n) is 14.1. The standard InChI is InChI=1S/C16H34N2O2/c1-12(2)7-9-18(10-8-13(3)4)11-15(16(19)20)17-14(5)6/h12-15,17H,7-11H2,1-6H3,(H,19,20). The lowest BCUT2D eigenvalue weighted by Gasteiger charge is -2.28. The van der Waals surface area contributed by atoms with Gasteiger partial charge in [-0.05, 0) is 37.8 Å². The summed E-state index contributed by atoms with van der Waals surface area (Å²) in [5.41, 5.74) is 0. The lowest BCUT2D eigenvalue weighted by Crippen LogP contribution is -2.49. The van der Waals surface area contributed by atoms with Crippen LogP contribution in [0.1, 0.15) is 54.4 Å². The van der Waals surface area contributed by atoms with Crippen LogP contribution in [0.5, 0.6) is 0 Å². The highest BCUT2D eigenvalue weighted by Crippen LogP contribution is 2.07. The maximum atomic E-state index is 11.4. The molecule has 0 radical (unpaired) electrons. The summed E-state index contributed by atoms with van der Waals surface area (Å²) in [6.45, 7) is 15.4. The van der Waals surface area contributed by atoms with Crippen LogP contribution in [0.2, 0.25) is 0 Å². The van der Waals surface area contributed by atoms with E-state index in [1.807, 2.05) is 13.8 Å². The number of hydrogen-bond acceptors (Lipinski definition) is 3.